The van der Waals surface area contributed by atoms with Gasteiger partial charge < -0.3 is 24.8 Å². The van der Waals surface area contributed by atoms with Gasteiger partial charge in [-0.1, -0.05) is 113 Å². The van der Waals surface area contributed by atoms with Crippen LogP contribution in [0.4, 0.5) is 0 Å². The maximum absolute atomic E-state index is 2.62. The van der Waals surface area contributed by atoms with E-state index < -0.39 is 0 Å². The van der Waals surface area contributed by atoms with Crippen LogP contribution in [0.5, 0.6) is 0 Å². The number of fused-ring (bicyclic) bond motifs is 6. The third-order valence-electron chi connectivity index (χ3n) is 15.4. The van der Waals surface area contributed by atoms with Gasteiger partial charge in [0.15, 0.2) is 0 Å². The van der Waals surface area contributed by atoms with Gasteiger partial charge >= 0.3 is 151 Å². The minimum atomic E-state index is 0. The second-order valence-corrected chi connectivity index (χ2v) is 21.9. The number of rotatable bonds is 2. The van der Waals surface area contributed by atoms with Crippen LogP contribution in [0.3, 0.4) is 0 Å². The number of hydrogen-bond acceptors (Lipinski definition) is 0. The number of halogens is 2. The smallest absolute Gasteiger partial charge is 0.00969 e. The van der Waals surface area contributed by atoms with Gasteiger partial charge in [0.05, 0.1) is 0 Å². The minimum Gasteiger partial charge on any atom is -1.00 e. The molecule has 4 aromatic carbocycles. The Kier molecular flexibility index (Phi) is 14.5. The van der Waals surface area contributed by atoms with E-state index in [0.29, 0.717) is 5.92 Å². The van der Waals surface area contributed by atoms with Gasteiger partial charge in [0, 0.05) is 0 Å². The van der Waals surface area contributed by atoms with E-state index >= 15 is 0 Å². The van der Waals surface area contributed by atoms with Crippen molar-refractivity contribution < 1.29 is 49.0 Å². The fourth-order valence-electron chi connectivity index (χ4n) is 10.7. The van der Waals surface area contributed by atoms with E-state index in [0.717, 1.165) is 6.42 Å². The Labute approximate surface area is 381 Å². The molecule has 0 aromatic heterocycles. The maximum Gasteiger partial charge on any atom is -0.00969 e. The monoisotopic (exact) mass is 888 g/mol. The number of hydrogen-bond donors (Lipinski definition) is 0. The third-order valence-corrected chi connectivity index (χ3v) is 16.7. The molecule has 58 heavy (non-hydrogen) atoms. The summed E-state index contributed by atoms with van der Waals surface area (Å²) in [5.41, 5.74) is 16.3. The zero-order chi connectivity index (χ0) is 41.1. The van der Waals surface area contributed by atoms with E-state index in [1.54, 1.807) is 28.2 Å². The maximum atomic E-state index is 2.62. The summed E-state index contributed by atoms with van der Waals surface area (Å²) >= 11 is 1.47. The molecule has 4 aliphatic carbocycles. The summed E-state index contributed by atoms with van der Waals surface area (Å²) in [4.78, 5) is 0. The molecule has 0 saturated heterocycles. The average molecular weight is 891 g/mol. The molecule has 1 fully saturated rings. The number of benzene rings is 3. The fourth-order valence-corrected chi connectivity index (χ4v) is 11.8. The van der Waals surface area contributed by atoms with Crippen molar-refractivity contribution in [2.24, 2.45) is 27.6 Å². The molecule has 4 aromatic rings. The van der Waals surface area contributed by atoms with Crippen LogP contribution in [0.1, 0.15) is 143 Å². The first-order valence-corrected chi connectivity index (χ1v) is 22.4. The summed E-state index contributed by atoms with van der Waals surface area (Å²) in [5.74, 6) is 2.24. The third kappa shape index (κ3) is 8.01. The van der Waals surface area contributed by atoms with Crippen LogP contribution in [-0.2, 0) is 41.5 Å². The van der Waals surface area contributed by atoms with Gasteiger partial charge in [-0.3, -0.25) is 0 Å². The molecule has 0 nitrogen and oxygen atoms in total. The fraction of sp³-hybridized carbons (Fsp3) is 0.436. The van der Waals surface area contributed by atoms with Crippen molar-refractivity contribution in [2.45, 2.75) is 127 Å². The van der Waals surface area contributed by atoms with Crippen molar-refractivity contribution in [2.75, 3.05) is 0 Å². The molecule has 2 atom stereocenters. The van der Waals surface area contributed by atoms with Gasteiger partial charge in [-0.25, -0.2) is 18.1 Å². The van der Waals surface area contributed by atoms with E-state index in [9.17, 15) is 0 Å². The summed E-state index contributed by atoms with van der Waals surface area (Å²) in [5, 5.41) is 0. The van der Waals surface area contributed by atoms with E-state index in [1.165, 1.54) is 73.7 Å². The zero-order valence-electron chi connectivity index (χ0n) is 37.9. The molecule has 0 radical (unpaired) electrons. The van der Waals surface area contributed by atoms with Crippen molar-refractivity contribution in [3.8, 4) is 0 Å². The summed E-state index contributed by atoms with van der Waals surface area (Å²) in [6, 6.07) is 36.9. The molecule has 3 heteroatoms. The Morgan fingerprint density at radius 1 is 0.690 bits per heavy atom. The predicted molar refractivity (Wildman–Crippen MR) is 240 cm³/mol. The van der Waals surface area contributed by atoms with Gasteiger partial charge in [0.25, 0.3) is 0 Å². The topological polar surface area (TPSA) is 0 Å². The summed E-state index contributed by atoms with van der Waals surface area (Å²) < 4.78 is 1.46. The predicted octanol–water partition coefficient (Wildman–Crippen LogP) is 8.78. The van der Waals surface area contributed by atoms with Crippen LogP contribution in [0.2, 0.25) is 0 Å². The van der Waals surface area contributed by atoms with Crippen molar-refractivity contribution in [1.29, 1.82) is 0 Å². The minimum absolute atomic E-state index is 0. The molecule has 0 amide bonds. The standard InChI is InChI=1S/C29H37.C21H26.C5H5.2ClH.Zr/c1-18-25-22-17-19-13-9-10-14-20(19)24(22)21-15-11-12-16-23(21)29(25,8)28(6,7)27(4,5)26(18,2)3;1-20(2,3)18-13-9-7-11-16(18)15-17-12-8-10-14-19(17)21(4,5)6;1-2-4-5-3-1;;;/h9-11,13-15,23H,12,16-17H2,1-8H3;7-14H,1-6H3;1-5H;2*1H;/q-1;;-1;;;+2/p-2. The summed E-state index contributed by atoms with van der Waals surface area (Å²) in [6.45, 7) is 34.1. The van der Waals surface area contributed by atoms with Crippen LogP contribution < -0.4 is 24.8 Å². The molecule has 1 saturated carbocycles. The van der Waals surface area contributed by atoms with Crippen LogP contribution in [0.15, 0.2) is 132 Å². The van der Waals surface area contributed by atoms with Crippen LogP contribution >= 0.6 is 0 Å². The molecular formula is C55H68Cl2Zr-2. The molecule has 0 aliphatic heterocycles. The van der Waals surface area contributed by atoms with Gasteiger partial charge in [-0.05, 0) is 40.6 Å². The van der Waals surface area contributed by atoms with E-state index in [4.69, 9.17) is 0 Å². The van der Waals surface area contributed by atoms with Crippen molar-refractivity contribution in [3.05, 3.63) is 171 Å². The van der Waals surface area contributed by atoms with Gasteiger partial charge in [-0.15, -0.1) is 6.92 Å². The van der Waals surface area contributed by atoms with Crippen molar-refractivity contribution in [1.82, 2.24) is 0 Å². The van der Waals surface area contributed by atoms with Gasteiger partial charge in [0.2, 0.25) is 0 Å². The van der Waals surface area contributed by atoms with Crippen molar-refractivity contribution >= 4 is 8.78 Å². The Morgan fingerprint density at radius 2 is 1.19 bits per heavy atom. The molecular weight excluding hydrogens is 823 g/mol. The zero-order valence-corrected chi connectivity index (χ0v) is 41.9. The summed E-state index contributed by atoms with van der Waals surface area (Å²) in [6.07, 6.45) is 8.50. The van der Waals surface area contributed by atoms with Crippen molar-refractivity contribution in [3.63, 3.8) is 0 Å². The van der Waals surface area contributed by atoms with E-state index in [-0.39, 0.29) is 57.3 Å². The van der Waals surface area contributed by atoms with Crippen LogP contribution in [0, 0.1) is 33.5 Å². The largest absolute Gasteiger partial charge is 1.00 e. The Hall–Kier alpha value is -2.57. The quantitative estimate of drug-likeness (QED) is 0.177. The second-order valence-electron chi connectivity index (χ2n) is 20.7. The molecule has 0 spiro atoms. The Bertz CT molecular complexity index is 2100. The van der Waals surface area contributed by atoms with Gasteiger partial charge in [0.1, 0.15) is 0 Å². The second kappa shape index (κ2) is 17.4. The summed E-state index contributed by atoms with van der Waals surface area (Å²) in [7, 11) is 0. The van der Waals surface area contributed by atoms with E-state index in [2.05, 4.69) is 182 Å². The Balaban J connectivity index is 0.000000228. The molecule has 8 rings (SSSR count). The molecule has 0 bridgehead atoms. The molecule has 2 unspecified atom stereocenters. The normalized spacial score (nSPS) is 22.0. The number of allylic oxidation sites excluding steroid dienone is 6. The van der Waals surface area contributed by atoms with Crippen LogP contribution in [0.25, 0.3) is 5.57 Å². The molecule has 4 aliphatic rings. The van der Waals surface area contributed by atoms with E-state index in [1.807, 2.05) is 30.3 Å². The SMILES string of the molecule is CC(C)(C)c1ccccc1[C](=[Zr+2])c1ccccc1C(C)(C)C.C[C-]1C2=C3Cc4ccccc4C3=C3C=CCCC3C2(C)C(C)(C)C(C)(C)C1(C)C.[Cl-].[Cl-].c1cc[cH-]c1. The van der Waals surface area contributed by atoms with Crippen LogP contribution in [-0.4, -0.2) is 3.21 Å². The molecule has 0 N–H and O–H groups in total. The van der Waals surface area contributed by atoms with Gasteiger partial charge in [-0.2, -0.15) is 29.3 Å². The Morgan fingerprint density at radius 3 is 1.69 bits per heavy atom. The molecule has 0 heterocycles. The first-order valence-electron chi connectivity index (χ1n) is 21.1. The molecule has 308 valence electrons. The first kappa shape index (κ1) is 48.1. The average Bonchev–Trinajstić information content (AvgIpc) is 3.86. The first-order chi connectivity index (χ1) is 26.1.